The SMILES string of the molecule is Cc1oc(-c2nccs2)cc1-c1ccc(NC(=O)c2c(F)cncc2F)cc1. The molecular weight excluding hydrogens is 384 g/mol. The minimum absolute atomic E-state index is 0.408. The normalized spacial score (nSPS) is 10.8. The summed E-state index contributed by atoms with van der Waals surface area (Å²) < 4.78 is 33.1. The van der Waals surface area contributed by atoms with Crippen LogP contribution in [0.4, 0.5) is 14.5 Å². The Bertz CT molecular complexity index is 1120. The number of amides is 1. The van der Waals surface area contributed by atoms with Crippen molar-refractivity contribution in [1.29, 1.82) is 0 Å². The van der Waals surface area contributed by atoms with Crippen molar-refractivity contribution in [2.45, 2.75) is 6.92 Å². The molecule has 28 heavy (non-hydrogen) atoms. The number of rotatable bonds is 4. The first-order valence-corrected chi connectivity index (χ1v) is 9.12. The predicted molar refractivity (Wildman–Crippen MR) is 102 cm³/mol. The van der Waals surface area contributed by atoms with Crippen molar-refractivity contribution in [3.63, 3.8) is 0 Å². The monoisotopic (exact) mass is 397 g/mol. The number of benzene rings is 1. The highest BCUT2D eigenvalue weighted by atomic mass is 32.1. The number of halogens is 2. The van der Waals surface area contributed by atoms with Crippen molar-refractivity contribution in [1.82, 2.24) is 9.97 Å². The molecule has 8 heteroatoms. The first-order valence-electron chi connectivity index (χ1n) is 8.24. The molecule has 0 saturated heterocycles. The molecule has 3 heterocycles. The van der Waals surface area contributed by atoms with Gasteiger partial charge in [0.25, 0.3) is 5.91 Å². The molecule has 0 saturated carbocycles. The summed E-state index contributed by atoms with van der Waals surface area (Å²) in [6.45, 7) is 1.86. The summed E-state index contributed by atoms with van der Waals surface area (Å²) in [6, 6.07) is 8.79. The number of anilines is 1. The lowest BCUT2D eigenvalue weighted by Gasteiger charge is -2.07. The van der Waals surface area contributed by atoms with Gasteiger partial charge in [-0.05, 0) is 30.7 Å². The van der Waals surface area contributed by atoms with Crippen LogP contribution in [0.2, 0.25) is 0 Å². The zero-order chi connectivity index (χ0) is 19.7. The van der Waals surface area contributed by atoms with Gasteiger partial charge in [0.2, 0.25) is 0 Å². The number of nitrogens with one attached hydrogen (secondary N) is 1. The summed E-state index contributed by atoms with van der Waals surface area (Å²) >= 11 is 1.48. The van der Waals surface area contributed by atoms with Crippen LogP contribution in [-0.4, -0.2) is 15.9 Å². The quantitative estimate of drug-likeness (QED) is 0.507. The minimum atomic E-state index is -1.02. The summed E-state index contributed by atoms with van der Waals surface area (Å²) in [4.78, 5) is 19.8. The maximum absolute atomic E-state index is 13.7. The summed E-state index contributed by atoms with van der Waals surface area (Å²) in [6.07, 6.45) is 3.30. The Hall–Kier alpha value is -3.39. The topological polar surface area (TPSA) is 68.0 Å². The Labute approximate surface area is 162 Å². The number of carbonyl (C=O) groups is 1. The second-order valence-corrected chi connectivity index (χ2v) is 6.82. The molecule has 3 aromatic heterocycles. The Morgan fingerprint density at radius 2 is 1.86 bits per heavy atom. The number of thiazole rings is 1. The summed E-state index contributed by atoms with van der Waals surface area (Å²) in [5.41, 5.74) is 1.51. The van der Waals surface area contributed by atoms with Crippen LogP contribution in [0.5, 0.6) is 0 Å². The van der Waals surface area contributed by atoms with Crippen molar-refractivity contribution < 1.29 is 18.0 Å². The third-order valence-corrected chi connectivity index (χ3v) is 4.88. The Morgan fingerprint density at radius 1 is 1.14 bits per heavy atom. The molecule has 0 spiro atoms. The van der Waals surface area contributed by atoms with Crippen molar-refractivity contribution in [2.24, 2.45) is 0 Å². The molecule has 4 rings (SSSR count). The van der Waals surface area contributed by atoms with Gasteiger partial charge in [-0.1, -0.05) is 12.1 Å². The molecule has 1 amide bonds. The highest BCUT2D eigenvalue weighted by molar-refractivity contribution is 7.13. The first-order chi connectivity index (χ1) is 13.5. The highest BCUT2D eigenvalue weighted by Gasteiger charge is 2.18. The Balaban J connectivity index is 1.56. The van der Waals surface area contributed by atoms with Gasteiger partial charge in [-0.15, -0.1) is 11.3 Å². The van der Waals surface area contributed by atoms with Crippen molar-refractivity contribution >= 4 is 22.9 Å². The van der Waals surface area contributed by atoms with E-state index in [4.69, 9.17) is 4.42 Å². The zero-order valence-electron chi connectivity index (χ0n) is 14.6. The van der Waals surface area contributed by atoms with E-state index in [2.05, 4.69) is 15.3 Å². The Kier molecular flexibility index (Phi) is 4.70. The molecule has 5 nitrogen and oxygen atoms in total. The lowest BCUT2D eigenvalue weighted by molar-refractivity contribution is 0.101. The predicted octanol–water partition coefficient (Wildman–Crippen LogP) is 5.30. The highest BCUT2D eigenvalue weighted by Crippen LogP contribution is 2.33. The van der Waals surface area contributed by atoms with E-state index in [0.717, 1.165) is 34.3 Å². The zero-order valence-corrected chi connectivity index (χ0v) is 15.4. The molecule has 1 N–H and O–H groups in total. The van der Waals surface area contributed by atoms with Crippen LogP contribution in [0, 0.1) is 18.6 Å². The largest absolute Gasteiger partial charge is 0.458 e. The fourth-order valence-corrected chi connectivity index (χ4v) is 3.36. The van der Waals surface area contributed by atoms with Crippen molar-refractivity contribution in [3.05, 3.63) is 77.3 Å². The lowest BCUT2D eigenvalue weighted by Crippen LogP contribution is -2.16. The molecule has 0 aliphatic heterocycles. The number of furan rings is 1. The average Bonchev–Trinajstić information content (AvgIpc) is 3.32. The van der Waals surface area contributed by atoms with Crippen LogP contribution < -0.4 is 5.32 Å². The summed E-state index contributed by atoms with van der Waals surface area (Å²) in [5.74, 6) is -1.49. The maximum atomic E-state index is 13.7. The second kappa shape index (κ2) is 7.32. The van der Waals surface area contributed by atoms with Crippen LogP contribution >= 0.6 is 11.3 Å². The Morgan fingerprint density at radius 3 is 2.50 bits per heavy atom. The van der Waals surface area contributed by atoms with E-state index in [0.29, 0.717) is 11.4 Å². The van der Waals surface area contributed by atoms with Gasteiger partial charge in [0, 0.05) is 22.8 Å². The van der Waals surface area contributed by atoms with Crippen LogP contribution in [0.15, 0.2) is 58.7 Å². The fraction of sp³-hybridized carbons (Fsp3) is 0.0500. The number of aryl methyl sites for hydroxylation is 1. The van der Waals surface area contributed by atoms with Gasteiger partial charge in [0.05, 0.1) is 12.4 Å². The molecule has 1 aromatic carbocycles. The molecule has 0 atom stereocenters. The van der Waals surface area contributed by atoms with Crippen molar-refractivity contribution in [2.75, 3.05) is 5.32 Å². The number of hydrogen-bond acceptors (Lipinski definition) is 5. The van der Waals surface area contributed by atoms with E-state index in [9.17, 15) is 13.6 Å². The van der Waals surface area contributed by atoms with E-state index in [1.54, 1.807) is 30.5 Å². The number of nitrogens with zero attached hydrogens (tertiary/aromatic N) is 2. The molecule has 0 radical (unpaired) electrons. The molecule has 0 bridgehead atoms. The van der Waals surface area contributed by atoms with Gasteiger partial charge in [-0.3, -0.25) is 9.78 Å². The first kappa shape index (κ1) is 18.0. The molecular formula is C20H13F2N3O2S. The van der Waals surface area contributed by atoms with Gasteiger partial charge in [0.1, 0.15) is 11.3 Å². The van der Waals surface area contributed by atoms with E-state index in [-0.39, 0.29) is 0 Å². The number of aromatic nitrogens is 2. The number of pyridine rings is 1. The lowest BCUT2D eigenvalue weighted by atomic mass is 10.1. The molecule has 0 unspecified atom stereocenters. The molecule has 0 aliphatic rings. The molecule has 0 fully saturated rings. The third kappa shape index (κ3) is 3.41. The van der Waals surface area contributed by atoms with E-state index >= 15 is 0 Å². The van der Waals surface area contributed by atoms with Crippen molar-refractivity contribution in [3.8, 4) is 21.9 Å². The number of hydrogen-bond donors (Lipinski definition) is 1. The smallest absolute Gasteiger partial charge is 0.261 e. The van der Waals surface area contributed by atoms with Gasteiger partial charge in [-0.2, -0.15) is 0 Å². The third-order valence-electron chi connectivity index (χ3n) is 4.10. The van der Waals surface area contributed by atoms with E-state index < -0.39 is 23.1 Å². The van der Waals surface area contributed by atoms with E-state index in [1.165, 1.54) is 11.3 Å². The van der Waals surface area contributed by atoms with Crippen LogP contribution in [0.1, 0.15) is 16.1 Å². The molecule has 0 aliphatic carbocycles. The van der Waals surface area contributed by atoms with Gasteiger partial charge in [-0.25, -0.2) is 13.8 Å². The fourth-order valence-electron chi connectivity index (χ4n) is 2.77. The standard InChI is InChI=1S/C20H13F2N3O2S/c1-11-14(8-17(27-11)20-24-6-7-28-20)12-2-4-13(5-3-12)25-19(26)18-15(21)9-23-10-16(18)22/h2-10H,1H3,(H,25,26). The van der Waals surface area contributed by atoms with E-state index in [1.807, 2.05) is 18.4 Å². The number of carbonyl (C=O) groups excluding carboxylic acids is 1. The van der Waals surface area contributed by atoms with Gasteiger partial charge in [0.15, 0.2) is 22.4 Å². The van der Waals surface area contributed by atoms with Crippen LogP contribution in [0.25, 0.3) is 21.9 Å². The average molecular weight is 397 g/mol. The molecule has 140 valence electrons. The second-order valence-electron chi connectivity index (χ2n) is 5.93. The van der Waals surface area contributed by atoms with Gasteiger partial charge < -0.3 is 9.73 Å². The van der Waals surface area contributed by atoms with Gasteiger partial charge >= 0.3 is 0 Å². The summed E-state index contributed by atoms with van der Waals surface area (Å²) in [5, 5.41) is 5.15. The summed E-state index contributed by atoms with van der Waals surface area (Å²) in [7, 11) is 0. The maximum Gasteiger partial charge on any atom is 0.261 e. The van der Waals surface area contributed by atoms with Crippen LogP contribution in [-0.2, 0) is 0 Å². The molecule has 4 aromatic rings. The van der Waals surface area contributed by atoms with Crippen LogP contribution in [0.3, 0.4) is 0 Å². The minimum Gasteiger partial charge on any atom is -0.458 e.